The monoisotopic (exact) mass is 502 g/mol. The molecular formula is C26H31FN2O3S2. The van der Waals surface area contributed by atoms with E-state index in [-0.39, 0.29) is 5.92 Å². The lowest BCUT2D eigenvalue weighted by molar-refractivity contribution is -0.146. The van der Waals surface area contributed by atoms with Crippen LogP contribution in [0, 0.1) is 18.8 Å². The number of hydrogen-bond acceptors (Lipinski definition) is 6. The number of alkyl halides is 1. The van der Waals surface area contributed by atoms with E-state index in [1.807, 2.05) is 30.0 Å². The van der Waals surface area contributed by atoms with Gasteiger partial charge in [-0.05, 0) is 85.5 Å². The number of aryl methyl sites for hydroxylation is 1. The van der Waals surface area contributed by atoms with Crippen molar-refractivity contribution in [3.63, 3.8) is 0 Å². The van der Waals surface area contributed by atoms with Gasteiger partial charge in [-0.2, -0.15) is 0 Å². The van der Waals surface area contributed by atoms with E-state index in [2.05, 4.69) is 28.3 Å². The molecule has 0 aliphatic carbocycles. The molecule has 1 fully saturated rings. The van der Waals surface area contributed by atoms with Gasteiger partial charge in [0.1, 0.15) is 11.9 Å². The first-order valence-corrected chi connectivity index (χ1v) is 13.5. The first-order valence-electron chi connectivity index (χ1n) is 11.6. The zero-order chi connectivity index (χ0) is 24.1. The standard InChI is InChI=1S/C26H31FN2O3S2/c1-17-9-13-33-26(17)34-14-12-29-11-8-18(22(16-29)25(30)31)3-5-23(27)20-7-10-28-24-6-4-19(32-2)15-21(20)24/h4,6-7,9-10,13,15,18,22-23H,3,5,8,11-12,14,16H2,1-2H3,(H,30,31)/t18-,22+,23+/m1/s1. The lowest BCUT2D eigenvalue weighted by Gasteiger charge is -2.36. The number of aliphatic carboxylic acids is 1. The number of nitrogens with zero attached hydrogens (tertiary/aromatic N) is 2. The van der Waals surface area contributed by atoms with Gasteiger partial charge < -0.3 is 14.7 Å². The van der Waals surface area contributed by atoms with Crippen molar-refractivity contribution in [2.24, 2.45) is 11.8 Å². The van der Waals surface area contributed by atoms with Crippen LogP contribution in [0.5, 0.6) is 5.75 Å². The number of benzene rings is 1. The van der Waals surface area contributed by atoms with E-state index in [0.717, 1.165) is 36.2 Å². The highest BCUT2D eigenvalue weighted by Crippen LogP contribution is 2.36. The van der Waals surface area contributed by atoms with Gasteiger partial charge in [0, 0.05) is 30.4 Å². The number of thiophene rings is 1. The van der Waals surface area contributed by atoms with Crippen LogP contribution in [0.4, 0.5) is 4.39 Å². The predicted octanol–water partition coefficient (Wildman–Crippen LogP) is 6.22. The van der Waals surface area contributed by atoms with E-state index >= 15 is 4.39 Å². The molecule has 3 heterocycles. The molecule has 0 unspecified atom stereocenters. The fourth-order valence-corrected chi connectivity index (χ4v) is 6.90. The van der Waals surface area contributed by atoms with E-state index in [9.17, 15) is 9.90 Å². The number of likely N-dealkylation sites (tertiary alicyclic amines) is 1. The van der Waals surface area contributed by atoms with Gasteiger partial charge in [-0.15, -0.1) is 23.1 Å². The average Bonchev–Trinajstić information content (AvgIpc) is 3.26. The summed E-state index contributed by atoms with van der Waals surface area (Å²) in [5.41, 5.74) is 2.63. The minimum Gasteiger partial charge on any atom is -0.497 e. The van der Waals surface area contributed by atoms with Crippen LogP contribution < -0.4 is 4.74 Å². The second-order valence-electron chi connectivity index (χ2n) is 8.86. The summed E-state index contributed by atoms with van der Waals surface area (Å²) in [5.74, 6) is 0.375. The Morgan fingerprint density at radius 3 is 2.97 bits per heavy atom. The molecule has 0 bridgehead atoms. The molecule has 3 atom stereocenters. The smallest absolute Gasteiger partial charge is 0.308 e. The molecule has 34 heavy (non-hydrogen) atoms. The van der Waals surface area contributed by atoms with Gasteiger partial charge in [0.2, 0.25) is 0 Å². The molecule has 182 valence electrons. The third kappa shape index (κ3) is 5.90. The van der Waals surface area contributed by atoms with Crippen molar-refractivity contribution in [3.8, 4) is 5.75 Å². The summed E-state index contributed by atoms with van der Waals surface area (Å²) in [6.45, 7) is 4.39. The van der Waals surface area contributed by atoms with Crippen LogP contribution in [-0.4, -0.2) is 53.5 Å². The number of methoxy groups -OCH3 is 1. The van der Waals surface area contributed by atoms with Crippen LogP contribution in [0.2, 0.25) is 0 Å². The zero-order valence-electron chi connectivity index (χ0n) is 19.6. The van der Waals surface area contributed by atoms with Crippen LogP contribution in [0.3, 0.4) is 0 Å². The quantitative estimate of drug-likeness (QED) is 0.332. The van der Waals surface area contributed by atoms with Gasteiger partial charge in [0.05, 0.1) is 22.8 Å². The topological polar surface area (TPSA) is 62.7 Å². The highest BCUT2D eigenvalue weighted by atomic mass is 32.2. The summed E-state index contributed by atoms with van der Waals surface area (Å²) < 4.78 is 22.0. The number of piperidine rings is 1. The third-order valence-corrected chi connectivity index (χ3v) is 9.15. The summed E-state index contributed by atoms with van der Waals surface area (Å²) >= 11 is 3.59. The molecule has 1 aliphatic heterocycles. The van der Waals surface area contributed by atoms with Crippen LogP contribution in [0.1, 0.15) is 36.6 Å². The minimum absolute atomic E-state index is 0.0122. The SMILES string of the molecule is COc1ccc2nccc([C@@H](F)CC[C@@H]3CCN(CCSc4sccc4C)C[C@@H]3C(=O)O)c2c1. The average molecular weight is 503 g/mol. The number of carboxylic acids is 1. The molecule has 1 saturated heterocycles. The molecule has 3 aromatic rings. The first-order chi connectivity index (χ1) is 16.5. The van der Waals surface area contributed by atoms with E-state index in [1.165, 1.54) is 9.77 Å². The van der Waals surface area contributed by atoms with Gasteiger partial charge in [-0.3, -0.25) is 9.78 Å². The van der Waals surface area contributed by atoms with Crippen LogP contribution in [0.15, 0.2) is 46.1 Å². The molecule has 1 aliphatic rings. The van der Waals surface area contributed by atoms with Crippen molar-refractivity contribution in [2.75, 3.05) is 32.5 Å². The molecule has 2 aromatic heterocycles. The predicted molar refractivity (Wildman–Crippen MR) is 137 cm³/mol. The van der Waals surface area contributed by atoms with Crippen molar-refractivity contribution < 1.29 is 19.0 Å². The van der Waals surface area contributed by atoms with Crippen molar-refractivity contribution in [2.45, 2.75) is 36.6 Å². The Balaban J connectivity index is 1.34. The summed E-state index contributed by atoms with van der Waals surface area (Å²) in [6, 6.07) is 9.31. The normalized spacial score (nSPS) is 19.9. The maximum absolute atomic E-state index is 15.4. The van der Waals surface area contributed by atoms with E-state index in [1.54, 1.807) is 30.7 Å². The summed E-state index contributed by atoms with van der Waals surface area (Å²) in [7, 11) is 1.59. The van der Waals surface area contributed by atoms with Gasteiger partial charge >= 0.3 is 5.97 Å². The Bertz CT molecular complexity index is 1120. The number of rotatable bonds is 10. The van der Waals surface area contributed by atoms with Crippen molar-refractivity contribution in [3.05, 3.63) is 53.0 Å². The third-order valence-electron chi connectivity index (χ3n) is 6.72. The van der Waals surface area contributed by atoms with E-state index in [4.69, 9.17) is 4.74 Å². The number of hydrogen-bond donors (Lipinski definition) is 1. The van der Waals surface area contributed by atoms with Gasteiger partial charge in [0.25, 0.3) is 0 Å². The molecule has 4 rings (SSSR count). The first kappa shape index (κ1) is 24.9. The fraction of sp³-hybridized carbons (Fsp3) is 0.462. The lowest BCUT2D eigenvalue weighted by atomic mass is 9.81. The molecule has 0 saturated carbocycles. The zero-order valence-corrected chi connectivity index (χ0v) is 21.2. The second kappa shape index (κ2) is 11.5. The van der Waals surface area contributed by atoms with Gasteiger partial charge in [0.15, 0.2) is 0 Å². The number of halogens is 1. The molecule has 5 nitrogen and oxygen atoms in total. The Morgan fingerprint density at radius 1 is 1.38 bits per heavy atom. The summed E-state index contributed by atoms with van der Waals surface area (Å²) in [4.78, 5) is 18.6. The Morgan fingerprint density at radius 2 is 2.24 bits per heavy atom. The molecule has 1 aromatic carbocycles. The van der Waals surface area contributed by atoms with Crippen molar-refractivity contribution >= 4 is 40.0 Å². The molecule has 0 amide bonds. The van der Waals surface area contributed by atoms with E-state index < -0.39 is 18.1 Å². The Labute approximate surface area is 208 Å². The Kier molecular flexibility index (Phi) is 8.45. The van der Waals surface area contributed by atoms with Crippen LogP contribution in [-0.2, 0) is 4.79 Å². The Hall–Kier alpha value is -2.16. The van der Waals surface area contributed by atoms with Crippen molar-refractivity contribution in [1.82, 2.24) is 9.88 Å². The number of fused-ring (bicyclic) bond motifs is 1. The van der Waals surface area contributed by atoms with E-state index in [0.29, 0.717) is 30.7 Å². The number of thioether (sulfide) groups is 1. The number of carboxylic acid groups (broad SMARTS) is 1. The molecule has 0 spiro atoms. The van der Waals surface area contributed by atoms with Crippen LogP contribution in [0.25, 0.3) is 10.9 Å². The maximum atomic E-state index is 15.4. The van der Waals surface area contributed by atoms with Gasteiger partial charge in [-0.1, -0.05) is 0 Å². The number of ether oxygens (including phenoxy) is 1. The largest absolute Gasteiger partial charge is 0.497 e. The van der Waals surface area contributed by atoms with Gasteiger partial charge in [-0.25, -0.2) is 4.39 Å². The number of carbonyl (C=O) groups is 1. The number of pyridine rings is 1. The fourth-order valence-electron chi connectivity index (χ4n) is 4.73. The van der Waals surface area contributed by atoms with Crippen LogP contribution >= 0.6 is 23.1 Å². The maximum Gasteiger partial charge on any atom is 0.308 e. The highest BCUT2D eigenvalue weighted by molar-refractivity contribution is 8.01. The summed E-state index contributed by atoms with van der Waals surface area (Å²) in [5, 5.41) is 12.7. The lowest BCUT2D eigenvalue weighted by Crippen LogP contribution is -2.44. The second-order valence-corrected chi connectivity index (χ2v) is 11.1. The number of aromatic nitrogens is 1. The molecule has 1 N–H and O–H groups in total. The van der Waals surface area contributed by atoms with Crippen molar-refractivity contribution in [1.29, 1.82) is 0 Å². The summed E-state index contributed by atoms with van der Waals surface area (Å²) in [6.07, 6.45) is 2.11. The molecular weight excluding hydrogens is 471 g/mol. The molecule has 8 heteroatoms. The highest BCUT2D eigenvalue weighted by Gasteiger charge is 2.34. The molecule has 0 radical (unpaired) electrons. The minimum atomic E-state index is -1.17.